The van der Waals surface area contributed by atoms with Gasteiger partial charge in [-0.2, -0.15) is 0 Å². The number of methoxy groups -OCH3 is 1. The van der Waals surface area contributed by atoms with Crippen molar-refractivity contribution in [3.63, 3.8) is 0 Å². The van der Waals surface area contributed by atoms with Crippen molar-refractivity contribution in [2.45, 2.75) is 32.7 Å². The van der Waals surface area contributed by atoms with Gasteiger partial charge in [0.05, 0.1) is 11.4 Å². The van der Waals surface area contributed by atoms with Crippen molar-refractivity contribution in [3.05, 3.63) is 50.7 Å². The van der Waals surface area contributed by atoms with Gasteiger partial charge in [0.2, 0.25) is 0 Å². The third kappa shape index (κ3) is 4.47. The zero-order valence-corrected chi connectivity index (χ0v) is 14.4. The Morgan fingerprint density at radius 1 is 1.29 bits per heavy atom. The summed E-state index contributed by atoms with van der Waals surface area (Å²) in [5.41, 5.74) is 2.42. The lowest BCUT2D eigenvalue weighted by atomic mass is 10.00. The quantitative estimate of drug-likeness (QED) is 0.774. The van der Waals surface area contributed by atoms with Crippen LogP contribution in [0.2, 0.25) is 4.34 Å². The Morgan fingerprint density at radius 2 is 2.10 bits per heavy atom. The van der Waals surface area contributed by atoms with E-state index in [0.717, 1.165) is 29.5 Å². The zero-order chi connectivity index (χ0) is 15.2. The van der Waals surface area contributed by atoms with Gasteiger partial charge in [0.25, 0.3) is 0 Å². The van der Waals surface area contributed by atoms with Gasteiger partial charge >= 0.3 is 0 Å². The summed E-state index contributed by atoms with van der Waals surface area (Å²) in [7, 11) is 1.73. The molecule has 0 aliphatic carbocycles. The summed E-state index contributed by atoms with van der Waals surface area (Å²) < 4.78 is 6.41. The van der Waals surface area contributed by atoms with Crippen molar-refractivity contribution in [2.75, 3.05) is 13.7 Å². The van der Waals surface area contributed by atoms with Crippen LogP contribution in [0, 0.1) is 6.92 Å². The molecule has 2 rings (SSSR count). The van der Waals surface area contributed by atoms with Crippen molar-refractivity contribution in [3.8, 4) is 5.75 Å². The molecule has 0 aliphatic rings. The summed E-state index contributed by atoms with van der Waals surface area (Å²) in [5, 5.41) is 3.62. The average molecular weight is 324 g/mol. The van der Waals surface area contributed by atoms with Crippen molar-refractivity contribution < 1.29 is 4.74 Å². The number of thiophene rings is 1. The molecule has 0 saturated heterocycles. The van der Waals surface area contributed by atoms with Crippen LogP contribution in [-0.4, -0.2) is 13.7 Å². The molecule has 1 atom stereocenters. The number of aryl methyl sites for hydroxylation is 1. The summed E-state index contributed by atoms with van der Waals surface area (Å²) in [6.45, 7) is 5.25. The number of hydrogen-bond donors (Lipinski definition) is 1. The Bertz CT molecular complexity index is 582. The number of rotatable bonds is 7. The number of benzene rings is 1. The highest BCUT2D eigenvalue weighted by atomic mass is 35.5. The predicted octanol–water partition coefficient (Wildman–Crippen LogP) is 5.00. The van der Waals surface area contributed by atoms with Gasteiger partial charge in [-0.3, -0.25) is 0 Å². The fourth-order valence-electron chi connectivity index (χ4n) is 2.38. The van der Waals surface area contributed by atoms with Gasteiger partial charge in [-0.25, -0.2) is 0 Å². The molecule has 0 spiro atoms. The minimum atomic E-state index is 0.246. The normalized spacial score (nSPS) is 12.4. The smallest absolute Gasteiger partial charge is 0.123 e. The summed E-state index contributed by atoms with van der Waals surface area (Å²) >= 11 is 7.69. The largest absolute Gasteiger partial charge is 0.496 e. The van der Waals surface area contributed by atoms with Crippen LogP contribution in [0.25, 0.3) is 0 Å². The molecule has 0 bridgehead atoms. The first-order chi connectivity index (χ1) is 10.1. The molecule has 2 aromatic rings. The van der Waals surface area contributed by atoms with E-state index < -0.39 is 0 Å². The van der Waals surface area contributed by atoms with Crippen molar-refractivity contribution in [2.24, 2.45) is 0 Å². The molecule has 21 heavy (non-hydrogen) atoms. The summed E-state index contributed by atoms with van der Waals surface area (Å²) in [6.07, 6.45) is 2.03. The van der Waals surface area contributed by atoms with E-state index in [2.05, 4.69) is 43.4 Å². The fourth-order valence-corrected chi connectivity index (χ4v) is 3.51. The second-order valence-corrected chi connectivity index (χ2v) is 6.96. The fraction of sp³-hybridized carbons (Fsp3) is 0.412. The third-order valence-electron chi connectivity index (χ3n) is 3.44. The molecule has 4 heteroatoms. The van der Waals surface area contributed by atoms with Gasteiger partial charge in [0.1, 0.15) is 5.75 Å². The van der Waals surface area contributed by atoms with Crippen LogP contribution in [0.3, 0.4) is 0 Å². The average Bonchev–Trinajstić information content (AvgIpc) is 2.88. The lowest BCUT2D eigenvalue weighted by Crippen LogP contribution is -2.24. The minimum absolute atomic E-state index is 0.246. The molecule has 1 unspecified atom stereocenters. The molecule has 0 saturated carbocycles. The molecule has 1 aromatic carbocycles. The lowest BCUT2D eigenvalue weighted by molar-refractivity contribution is 0.398. The van der Waals surface area contributed by atoms with E-state index in [1.165, 1.54) is 16.0 Å². The van der Waals surface area contributed by atoms with Crippen LogP contribution in [0.15, 0.2) is 30.3 Å². The Morgan fingerprint density at radius 3 is 2.71 bits per heavy atom. The summed E-state index contributed by atoms with van der Waals surface area (Å²) in [4.78, 5) is 1.29. The van der Waals surface area contributed by atoms with Crippen LogP contribution in [-0.2, 0) is 6.42 Å². The molecule has 1 heterocycles. The lowest BCUT2D eigenvalue weighted by Gasteiger charge is -2.21. The van der Waals surface area contributed by atoms with Gasteiger partial charge in [-0.15, -0.1) is 11.3 Å². The maximum atomic E-state index is 6.05. The van der Waals surface area contributed by atoms with Crippen molar-refractivity contribution >= 4 is 22.9 Å². The van der Waals surface area contributed by atoms with E-state index in [-0.39, 0.29) is 6.04 Å². The van der Waals surface area contributed by atoms with Gasteiger partial charge in [-0.1, -0.05) is 30.7 Å². The van der Waals surface area contributed by atoms with Gasteiger partial charge in [-0.05, 0) is 43.7 Å². The molecular formula is C17H22ClNOS. The van der Waals surface area contributed by atoms with E-state index in [1.54, 1.807) is 18.4 Å². The van der Waals surface area contributed by atoms with Gasteiger partial charge < -0.3 is 10.1 Å². The zero-order valence-electron chi connectivity index (χ0n) is 12.8. The Balaban J connectivity index is 2.26. The van der Waals surface area contributed by atoms with Gasteiger partial charge in [0, 0.05) is 22.9 Å². The highest BCUT2D eigenvalue weighted by molar-refractivity contribution is 7.16. The number of ether oxygens (including phenoxy) is 1. The maximum absolute atomic E-state index is 6.05. The molecule has 0 aliphatic heterocycles. The second-order valence-electron chi connectivity index (χ2n) is 5.16. The molecule has 0 amide bonds. The molecule has 0 fully saturated rings. The first-order valence-electron chi connectivity index (χ1n) is 7.26. The predicted molar refractivity (Wildman–Crippen MR) is 91.8 cm³/mol. The number of nitrogens with one attached hydrogen (secondary N) is 1. The van der Waals surface area contributed by atoms with E-state index in [1.807, 2.05) is 6.07 Å². The highest BCUT2D eigenvalue weighted by Crippen LogP contribution is 2.31. The minimum Gasteiger partial charge on any atom is -0.496 e. The van der Waals surface area contributed by atoms with Crippen LogP contribution in [0.4, 0.5) is 0 Å². The van der Waals surface area contributed by atoms with E-state index in [0.29, 0.717) is 0 Å². The molecular weight excluding hydrogens is 302 g/mol. The Hall–Kier alpha value is -1.03. The topological polar surface area (TPSA) is 21.3 Å². The first-order valence-corrected chi connectivity index (χ1v) is 8.45. The van der Waals surface area contributed by atoms with Crippen LogP contribution >= 0.6 is 22.9 Å². The van der Waals surface area contributed by atoms with Crippen molar-refractivity contribution in [1.82, 2.24) is 5.32 Å². The highest BCUT2D eigenvalue weighted by Gasteiger charge is 2.17. The molecule has 1 N–H and O–H groups in total. The SMILES string of the molecule is CCCNC(Cc1ccc(Cl)s1)c1ccc(C)cc1OC. The standard InChI is InChI=1S/C17H22ClNOS/c1-4-9-19-15(11-13-6-8-17(18)21-13)14-7-5-12(2)10-16(14)20-3/h5-8,10,15,19H,4,9,11H2,1-3H3. The maximum Gasteiger partial charge on any atom is 0.123 e. The molecule has 0 radical (unpaired) electrons. The Labute approximate surface area is 136 Å². The third-order valence-corrected chi connectivity index (χ3v) is 4.69. The Kier molecular flexibility index (Phi) is 6.09. The first kappa shape index (κ1) is 16.3. The van der Waals surface area contributed by atoms with E-state index >= 15 is 0 Å². The number of hydrogen-bond acceptors (Lipinski definition) is 3. The van der Waals surface area contributed by atoms with Gasteiger partial charge in [0.15, 0.2) is 0 Å². The number of halogens is 1. The van der Waals surface area contributed by atoms with Crippen LogP contribution in [0.1, 0.15) is 35.4 Å². The van der Waals surface area contributed by atoms with Crippen molar-refractivity contribution in [1.29, 1.82) is 0 Å². The monoisotopic (exact) mass is 323 g/mol. The van der Waals surface area contributed by atoms with Crippen LogP contribution in [0.5, 0.6) is 5.75 Å². The molecule has 1 aromatic heterocycles. The molecule has 2 nitrogen and oxygen atoms in total. The van der Waals surface area contributed by atoms with E-state index in [4.69, 9.17) is 16.3 Å². The summed E-state index contributed by atoms with van der Waals surface area (Å²) in [6, 6.07) is 10.7. The molecule has 114 valence electrons. The van der Waals surface area contributed by atoms with E-state index in [9.17, 15) is 0 Å². The second kappa shape index (κ2) is 7.83. The summed E-state index contributed by atoms with van der Waals surface area (Å²) in [5.74, 6) is 0.950. The van der Waals surface area contributed by atoms with Crippen LogP contribution < -0.4 is 10.1 Å².